The smallest absolute Gasteiger partial charge is 0.322 e. The molecule has 168 valence electrons. The molecule has 0 bridgehead atoms. The van der Waals surface area contributed by atoms with Crippen LogP contribution in [0.4, 0.5) is 6.01 Å². The van der Waals surface area contributed by atoms with Crippen LogP contribution in [-0.2, 0) is 9.84 Å². The van der Waals surface area contributed by atoms with E-state index in [2.05, 4.69) is 15.5 Å². The molecular formula is C24H21N3O5S. The van der Waals surface area contributed by atoms with E-state index in [1.807, 2.05) is 30.3 Å². The van der Waals surface area contributed by atoms with E-state index >= 15 is 0 Å². The van der Waals surface area contributed by atoms with Crippen molar-refractivity contribution in [2.45, 2.75) is 24.0 Å². The summed E-state index contributed by atoms with van der Waals surface area (Å²) < 4.78 is 35.8. The number of sulfone groups is 1. The first-order valence-corrected chi connectivity index (χ1v) is 11.7. The maximum Gasteiger partial charge on any atom is 0.322 e. The first-order valence-electron chi connectivity index (χ1n) is 10.1. The molecule has 1 heterocycles. The zero-order chi connectivity index (χ0) is 23.4. The molecule has 0 aliphatic rings. The van der Waals surface area contributed by atoms with Gasteiger partial charge < -0.3 is 9.15 Å². The molecule has 0 radical (unpaired) electrons. The summed E-state index contributed by atoms with van der Waals surface area (Å²) in [7, 11) is -3.37. The number of benzene rings is 3. The van der Waals surface area contributed by atoms with Crippen LogP contribution in [0.5, 0.6) is 11.5 Å². The highest BCUT2D eigenvalue weighted by Crippen LogP contribution is 2.25. The second-order valence-corrected chi connectivity index (χ2v) is 9.93. The lowest BCUT2D eigenvalue weighted by Gasteiger charge is -2.07. The molecule has 4 rings (SSSR count). The van der Waals surface area contributed by atoms with E-state index < -0.39 is 21.0 Å². The standard InChI is InChI=1S/C24H21N3O5S/c1-16(2)33(29,30)21-13-11-17(12-14-21)23-26-27-24(32-23)25-22(28)18-7-6-10-20(15-18)31-19-8-4-3-5-9-19/h3-16H,1-2H3,(H,25,27,28). The van der Waals surface area contributed by atoms with Gasteiger partial charge in [-0.3, -0.25) is 10.1 Å². The van der Waals surface area contributed by atoms with Gasteiger partial charge >= 0.3 is 6.01 Å². The fourth-order valence-electron chi connectivity index (χ4n) is 2.94. The van der Waals surface area contributed by atoms with Crippen molar-refractivity contribution < 1.29 is 22.4 Å². The third-order valence-electron chi connectivity index (χ3n) is 4.77. The van der Waals surface area contributed by atoms with Gasteiger partial charge in [-0.05, 0) is 68.4 Å². The summed E-state index contributed by atoms with van der Waals surface area (Å²) in [5, 5.41) is 9.81. The molecule has 0 saturated carbocycles. The summed E-state index contributed by atoms with van der Waals surface area (Å²) in [5.74, 6) is 0.877. The van der Waals surface area contributed by atoms with Gasteiger partial charge in [0, 0.05) is 11.1 Å². The number of hydrogen-bond acceptors (Lipinski definition) is 7. The maximum atomic E-state index is 12.6. The quantitative estimate of drug-likeness (QED) is 0.412. The monoisotopic (exact) mass is 463 g/mol. The topological polar surface area (TPSA) is 111 Å². The lowest BCUT2D eigenvalue weighted by molar-refractivity contribution is 0.102. The fraction of sp³-hybridized carbons (Fsp3) is 0.125. The Labute approximate surface area is 191 Å². The Morgan fingerprint density at radius 1 is 0.909 bits per heavy atom. The van der Waals surface area contributed by atoms with Gasteiger partial charge in [-0.25, -0.2) is 8.42 Å². The van der Waals surface area contributed by atoms with E-state index in [9.17, 15) is 13.2 Å². The normalized spacial score (nSPS) is 11.4. The highest BCUT2D eigenvalue weighted by atomic mass is 32.2. The Morgan fingerprint density at radius 2 is 1.61 bits per heavy atom. The van der Waals surface area contributed by atoms with Crippen molar-refractivity contribution in [2.75, 3.05) is 5.32 Å². The van der Waals surface area contributed by atoms with Crippen molar-refractivity contribution in [1.82, 2.24) is 10.2 Å². The molecule has 0 atom stereocenters. The van der Waals surface area contributed by atoms with Gasteiger partial charge in [-0.15, -0.1) is 5.10 Å². The number of nitrogens with zero attached hydrogens (tertiary/aromatic N) is 2. The van der Waals surface area contributed by atoms with Crippen LogP contribution < -0.4 is 10.1 Å². The Kier molecular flexibility index (Phi) is 6.23. The van der Waals surface area contributed by atoms with Gasteiger partial charge in [0.25, 0.3) is 5.91 Å². The number of nitrogens with one attached hydrogen (secondary N) is 1. The van der Waals surface area contributed by atoms with Crippen LogP contribution in [0.3, 0.4) is 0 Å². The molecule has 0 spiro atoms. The molecule has 8 nitrogen and oxygen atoms in total. The van der Waals surface area contributed by atoms with Gasteiger partial charge in [0.1, 0.15) is 11.5 Å². The average molecular weight is 464 g/mol. The number of hydrogen-bond donors (Lipinski definition) is 1. The largest absolute Gasteiger partial charge is 0.457 e. The van der Waals surface area contributed by atoms with Gasteiger partial charge in [-0.2, -0.15) is 0 Å². The Balaban J connectivity index is 1.46. The molecule has 0 unspecified atom stereocenters. The van der Waals surface area contributed by atoms with E-state index in [0.717, 1.165) is 0 Å². The highest BCUT2D eigenvalue weighted by molar-refractivity contribution is 7.92. The number of aromatic nitrogens is 2. The predicted octanol–water partition coefficient (Wildman–Crippen LogP) is 4.96. The van der Waals surface area contributed by atoms with E-state index in [1.165, 1.54) is 12.1 Å². The third kappa shape index (κ3) is 5.09. The van der Waals surface area contributed by atoms with Gasteiger partial charge in [-0.1, -0.05) is 29.4 Å². The summed E-state index contributed by atoms with van der Waals surface area (Å²) in [5.41, 5.74) is 0.885. The molecule has 0 saturated heterocycles. The summed E-state index contributed by atoms with van der Waals surface area (Å²) in [4.78, 5) is 12.8. The Hall–Kier alpha value is -3.98. The fourth-order valence-corrected chi connectivity index (χ4v) is 4.00. The first kappa shape index (κ1) is 22.2. The number of ether oxygens (including phenoxy) is 1. The van der Waals surface area contributed by atoms with Crippen molar-refractivity contribution in [2.24, 2.45) is 0 Å². The second kappa shape index (κ2) is 9.25. The van der Waals surface area contributed by atoms with Crippen molar-refractivity contribution in [3.63, 3.8) is 0 Å². The van der Waals surface area contributed by atoms with Crippen LogP contribution in [0.15, 0.2) is 88.2 Å². The van der Waals surface area contributed by atoms with E-state index in [4.69, 9.17) is 9.15 Å². The zero-order valence-corrected chi connectivity index (χ0v) is 18.7. The van der Waals surface area contributed by atoms with Crippen LogP contribution in [0, 0.1) is 0 Å². The van der Waals surface area contributed by atoms with Crippen LogP contribution in [0.2, 0.25) is 0 Å². The molecule has 0 aliphatic heterocycles. The number of anilines is 1. The Morgan fingerprint density at radius 3 is 2.30 bits per heavy atom. The van der Waals surface area contributed by atoms with Crippen molar-refractivity contribution >= 4 is 21.8 Å². The average Bonchev–Trinajstić information content (AvgIpc) is 3.28. The van der Waals surface area contributed by atoms with Crippen molar-refractivity contribution in [3.05, 3.63) is 84.4 Å². The number of carbonyl (C=O) groups is 1. The summed E-state index contributed by atoms with van der Waals surface area (Å²) in [6.45, 7) is 3.25. The molecule has 9 heteroatoms. The van der Waals surface area contributed by atoms with E-state index in [-0.39, 0.29) is 16.8 Å². The molecule has 1 aromatic heterocycles. The molecule has 3 aromatic carbocycles. The lowest BCUT2D eigenvalue weighted by Crippen LogP contribution is -2.13. The molecule has 0 aliphatic carbocycles. The minimum Gasteiger partial charge on any atom is -0.457 e. The lowest BCUT2D eigenvalue weighted by atomic mass is 10.2. The molecule has 1 N–H and O–H groups in total. The van der Waals surface area contributed by atoms with Crippen LogP contribution in [-0.4, -0.2) is 29.8 Å². The highest BCUT2D eigenvalue weighted by Gasteiger charge is 2.20. The maximum absolute atomic E-state index is 12.6. The molecule has 33 heavy (non-hydrogen) atoms. The van der Waals surface area contributed by atoms with Crippen LogP contribution in [0.1, 0.15) is 24.2 Å². The molecular weight excluding hydrogens is 442 g/mol. The Bertz CT molecular complexity index is 1360. The van der Waals surface area contributed by atoms with Crippen LogP contribution >= 0.6 is 0 Å². The SMILES string of the molecule is CC(C)S(=O)(=O)c1ccc(-c2nnc(NC(=O)c3cccc(Oc4ccccc4)c3)o2)cc1. The van der Waals surface area contributed by atoms with E-state index in [1.54, 1.807) is 50.2 Å². The summed E-state index contributed by atoms with van der Waals surface area (Å²) in [6.07, 6.45) is 0. The third-order valence-corrected chi connectivity index (χ3v) is 6.94. The minimum absolute atomic E-state index is 0.0803. The number of para-hydroxylation sites is 1. The van der Waals surface area contributed by atoms with Crippen molar-refractivity contribution in [3.8, 4) is 23.0 Å². The number of amides is 1. The van der Waals surface area contributed by atoms with Crippen LogP contribution in [0.25, 0.3) is 11.5 Å². The zero-order valence-electron chi connectivity index (χ0n) is 17.9. The summed E-state index contributed by atoms with van der Waals surface area (Å²) >= 11 is 0. The van der Waals surface area contributed by atoms with Gasteiger partial charge in [0.05, 0.1) is 10.1 Å². The predicted molar refractivity (Wildman–Crippen MR) is 123 cm³/mol. The molecule has 1 amide bonds. The minimum atomic E-state index is -3.37. The number of carbonyl (C=O) groups excluding carboxylic acids is 1. The van der Waals surface area contributed by atoms with Gasteiger partial charge in [0.15, 0.2) is 9.84 Å². The second-order valence-electron chi connectivity index (χ2n) is 7.43. The van der Waals surface area contributed by atoms with E-state index in [0.29, 0.717) is 22.6 Å². The molecule has 0 fully saturated rings. The number of rotatable bonds is 7. The van der Waals surface area contributed by atoms with Crippen molar-refractivity contribution in [1.29, 1.82) is 0 Å². The summed E-state index contributed by atoms with van der Waals surface area (Å²) in [6, 6.07) is 22.0. The first-order chi connectivity index (χ1) is 15.8. The molecule has 4 aromatic rings. The van der Waals surface area contributed by atoms with Gasteiger partial charge in [0.2, 0.25) is 5.89 Å².